The van der Waals surface area contributed by atoms with Crippen LogP contribution in [0.25, 0.3) is 0 Å². The number of aliphatic hydroxyl groups excluding tert-OH is 1. The maximum absolute atomic E-state index is 8.74. The van der Waals surface area contributed by atoms with Crippen LogP contribution in [0.4, 0.5) is 0 Å². The van der Waals surface area contributed by atoms with E-state index >= 15 is 0 Å². The Morgan fingerprint density at radius 2 is 1.83 bits per heavy atom. The summed E-state index contributed by atoms with van der Waals surface area (Å²) in [6.07, 6.45) is 0. The molecule has 1 rings (SSSR count). The number of rotatable bonds is 4. The molecular weight excluding hydrogens is 154 g/mol. The minimum atomic E-state index is 0.0703. The van der Waals surface area contributed by atoms with Crippen LogP contribution in [0.2, 0.25) is 0 Å². The predicted molar refractivity (Wildman–Crippen MR) is 46.7 cm³/mol. The number of benzene rings is 1. The highest BCUT2D eigenvalue weighted by Crippen LogP contribution is 2.05. The smallest absolute Gasteiger partial charge is 0.142 e. The van der Waals surface area contributed by atoms with Crippen molar-refractivity contribution in [2.45, 2.75) is 13.2 Å². The molecule has 3 nitrogen and oxygen atoms in total. The first-order valence-electron chi connectivity index (χ1n) is 3.63. The van der Waals surface area contributed by atoms with Gasteiger partial charge in [0.1, 0.15) is 6.61 Å². The normalized spacial score (nSPS) is 9.42. The molecule has 0 radical (unpaired) electrons. The van der Waals surface area contributed by atoms with Gasteiger partial charge in [-0.25, -0.2) is 0 Å². The second-order valence-electron chi connectivity index (χ2n) is 2.38. The Bertz CT molecular complexity index is 243. The lowest BCUT2D eigenvalue weighted by atomic mass is 10.1. The molecule has 0 amide bonds. The second kappa shape index (κ2) is 4.51. The SMILES string of the molecule is C=NOCc1ccc(CO)cc1. The molecule has 0 aliphatic heterocycles. The van der Waals surface area contributed by atoms with Gasteiger partial charge < -0.3 is 9.94 Å². The fraction of sp³-hybridized carbons (Fsp3) is 0.222. The molecule has 64 valence electrons. The molecule has 0 fully saturated rings. The van der Waals surface area contributed by atoms with Crippen molar-refractivity contribution >= 4 is 6.72 Å². The number of aliphatic hydroxyl groups is 1. The van der Waals surface area contributed by atoms with Gasteiger partial charge in [-0.15, -0.1) is 5.16 Å². The first-order valence-corrected chi connectivity index (χ1v) is 3.63. The van der Waals surface area contributed by atoms with Crippen LogP contribution in [0.15, 0.2) is 29.4 Å². The third kappa shape index (κ3) is 2.36. The molecule has 1 aromatic carbocycles. The van der Waals surface area contributed by atoms with Crippen LogP contribution >= 0.6 is 0 Å². The van der Waals surface area contributed by atoms with Gasteiger partial charge in [-0.1, -0.05) is 24.3 Å². The van der Waals surface area contributed by atoms with Gasteiger partial charge in [0.25, 0.3) is 0 Å². The van der Waals surface area contributed by atoms with E-state index in [9.17, 15) is 0 Å². The summed E-state index contributed by atoms with van der Waals surface area (Å²) in [5, 5.41) is 12.0. The minimum absolute atomic E-state index is 0.0703. The van der Waals surface area contributed by atoms with Gasteiger partial charge in [0.05, 0.1) is 6.61 Å². The summed E-state index contributed by atoms with van der Waals surface area (Å²) < 4.78 is 0. The van der Waals surface area contributed by atoms with Crippen molar-refractivity contribution in [1.82, 2.24) is 0 Å². The molecule has 0 bridgehead atoms. The largest absolute Gasteiger partial charge is 0.392 e. The van der Waals surface area contributed by atoms with Crippen molar-refractivity contribution in [3.8, 4) is 0 Å². The molecule has 1 aromatic rings. The lowest BCUT2D eigenvalue weighted by Crippen LogP contribution is -1.88. The molecule has 3 heteroatoms. The van der Waals surface area contributed by atoms with Crippen molar-refractivity contribution in [1.29, 1.82) is 0 Å². The van der Waals surface area contributed by atoms with E-state index in [1.54, 1.807) is 0 Å². The Hall–Kier alpha value is -1.35. The molecule has 0 aliphatic carbocycles. The van der Waals surface area contributed by atoms with E-state index in [1.165, 1.54) is 0 Å². The molecule has 0 aliphatic rings. The van der Waals surface area contributed by atoms with Crippen molar-refractivity contribution in [3.63, 3.8) is 0 Å². The van der Waals surface area contributed by atoms with E-state index in [2.05, 4.69) is 11.9 Å². The van der Waals surface area contributed by atoms with Crippen molar-refractivity contribution < 1.29 is 9.94 Å². The fourth-order valence-corrected chi connectivity index (χ4v) is 0.861. The van der Waals surface area contributed by atoms with E-state index in [0.717, 1.165) is 11.1 Å². The van der Waals surface area contributed by atoms with Crippen molar-refractivity contribution in [2.24, 2.45) is 5.16 Å². The first kappa shape index (κ1) is 8.74. The molecule has 0 saturated carbocycles. The third-order valence-electron chi connectivity index (χ3n) is 1.53. The Labute approximate surface area is 71.3 Å². The van der Waals surface area contributed by atoms with Gasteiger partial charge in [-0.3, -0.25) is 0 Å². The zero-order valence-electron chi connectivity index (χ0n) is 6.73. The summed E-state index contributed by atoms with van der Waals surface area (Å²) >= 11 is 0. The van der Waals surface area contributed by atoms with Crippen LogP contribution in [0.3, 0.4) is 0 Å². The highest BCUT2D eigenvalue weighted by molar-refractivity contribution is 5.22. The predicted octanol–water partition coefficient (Wildman–Crippen LogP) is 1.31. The topological polar surface area (TPSA) is 41.8 Å². The molecule has 0 saturated heterocycles. The van der Waals surface area contributed by atoms with E-state index in [4.69, 9.17) is 9.94 Å². The van der Waals surface area contributed by atoms with Crippen LogP contribution in [0, 0.1) is 0 Å². The van der Waals surface area contributed by atoms with Crippen LogP contribution in [0.1, 0.15) is 11.1 Å². The standard InChI is InChI=1S/C9H11NO2/c1-10-12-7-9-4-2-8(6-11)3-5-9/h2-5,11H,1,6-7H2. The Balaban J connectivity index is 2.58. The average Bonchev–Trinajstić information content (AvgIpc) is 2.15. The Kier molecular flexibility index (Phi) is 3.29. The fourth-order valence-electron chi connectivity index (χ4n) is 0.861. The number of hydrogen-bond donors (Lipinski definition) is 1. The summed E-state index contributed by atoms with van der Waals surface area (Å²) in [7, 11) is 0. The van der Waals surface area contributed by atoms with E-state index in [0.29, 0.717) is 6.61 Å². The summed E-state index contributed by atoms with van der Waals surface area (Å²) in [5.74, 6) is 0. The quantitative estimate of drug-likeness (QED) is 0.540. The minimum Gasteiger partial charge on any atom is -0.392 e. The van der Waals surface area contributed by atoms with E-state index in [1.807, 2.05) is 24.3 Å². The molecule has 12 heavy (non-hydrogen) atoms. The summed E-state index contributed by atoms with van der Waals surface area (Å²) in [4.78, 5) is 4.74. The number of nitrogens with zero attached hydrogens (tertiary/aromatic N) is 1. The maximum Gasteiger partial charge on any atom is 0.142 e. The van der Waals surface area contributed by atoms with Crippen LogP contribution in [0.5, 0.6) is 0 Å². The summed E-state index contributed by atoms with van der Waals surface area (Å²) in [5.41, 5.74) is 1.91. The van der Waals surface area contributed by atoms with E-state index in [-0.39, 0.29) is 6.61 Å². The highest BCUT2D eigenvalue weighted by Gasteiger charge is 1.92. The number of hydrogen-bond acceptors (Lipinski definition) is 3. The summed E-state index contributed by atoms with van der Waals surface area (Å²) in [6, 6.07) is 7.47. The third-order valence-corrected chi connectivity index (χ3v) is 1.53. The molecule has 0 unspecified atom stereocenters. The Morgan fingerprint density at radius 3 is 2.33 bits per heavy atom. The van der Waals surface area contributed by atoms with Gasteiger partial charge in [-0.05, 0) is 11.1 Å². The van der Waals surface area contributed by atoms with Gasteiger partial charge in [0, 0.05) is 6.72 Å². The lowest BCUT2D eigenvalue weighted by Gasteiger charge is -2.00. The van der Waals surface area contributed by atoms with E-state index < -0.39 is 0 Å². The van der Waals surface area contributed by atoms with Crippen molar-refractivity contribution in [3.05, 3.63) is 35.4 Å². The van der Waals surface area contributed by atoms with Gasteiger partial charge in [0.2, 0.25) is 0 Å². The highest BCUT2D eigenvalue weighted by atomic mass is 16.6. The molecule has 0 spiro atoms. The maximum atomic E-state index is 8.74. The van der Waals surface area contributed by atoms with Crippen molar-refractivity contribution in [2.75, 3.05) is 0 Å². The molecule has 1 N–H and O–H groups in total. The zero-order chi connectivity index (χ0) is 8.81. The van der Waals surface area contributed by atoms with Gasteiger partial charge in [0.15, 0.2) is 0 Å². The Morgan fingerprint density at radius 1 is 1.25 bits per heavy atom. The van der Waals surface area contributed by atoms with Gasteiger partial charge in [-0.2, -0.15) is 0 Å². The van der Waals surface area contributed by atoms with Crippen LogP contribution in [-0.4, -0.2) is 11.8 Å². The lowest BCUT2D eigenvalue weighted by molar-refractivity contribution is 0.133. The summed E-state index contributed by atoms with van der Waals surface area (Å²) in [6.45, 7) is 3.69. The molecular formula is C9H11NO2. The zero-order valence-corrected chi connectivity index (χ0v) is 6.73. The van der Waals surface area contributed by atoms with Gasteiger partial charge >= 0.3 is 0 Å². The molecule has 0 atom stereocenters. The second-order valence-corrected chi connectivity index (χ2v) is 2.38. The van der Waals surface area contributed by atoms with Crippen LogP contribution < -0.4 is 0 Å². The number of oxime groups is 1. The molecule has 0 heterocycles. The first-order chi connectivity index (χ1) is 5.86. The molecule has 0 aromatic heterocycles. The van der Waals surface area contributed by atoms with Crippen LogP contribution in [-0.2, 0) is 18.1 Å². The average molecular weight is 165 g/mol. The monoisotopic (exact) mass is 165 g/mol.